The van der Waals surface area contributed by atoms with Crippen molar-refractivity contribution >= 4 is 39.3 Å². The van der Waals surface area contributed by atoms with Gasteiger partial charge in [0, 0.05) is 49.4 Å². The van der Waals surface area contributed by atoms with E-state index in [0.29, 0.717) is 30.8 Å². The lowest BCUT2D eigenvalue weighted by Crippen LogP contribution is -2.57. The summed E-state index contributed by atoms with van der Waals surface area (Å²) in [4.78, 5) is 33.0. The number of rotatable bonds is 11. The number of amides is 2. The molecule has 2 amide bonds. The lowest BCUT2D eigenvalue weighted by molar-refractivity contribution is -0.132. The van der Waals surface area contributed by atoms with Gasteiger partial charge in [-0.25, -0.2) is 22.4 Å². The van der Waals surface area contributed by atoms with Crippen LogP contribution >= 0.6 is 11.6 Å². The van der Waals surface area contributed by atoms with E-state index in [1.54, 1.807) is 43.3 Å². The van der Waals surface area contributed by atoms with E-state index in [-0.39, 0.29) is 39.0 Å². The Morgan fingerprint density at radius 1 is 1.06 bits per heavy atom. The van der Waals surface area contributed by atoms with Crippen LogP contribution < -0.4 is 13.8 Å². The average Bonchev–Trinajstić information content (AvgIpc) is 3.62. The van der Waals surface area contributed by atoms with Gasteiger partial charge in [-0.2, -0.15) is 5.26 Å². The highest BCUT2D eigenvalue weighted by Gasteiger charge is 2.63. The van der Waals surface area contributed by atoms with Crippen molar-refractivity contribution in [1.29, 1.82) is 5.26 Å². The zero-order chi connectivity index (χ0) is 34.8. The maximum Gasteiger partial charge on any atom is 0.410 e. The van der Waals surface area contributed by atoms with Gasteiger partial charge in [-0.15, -0.1) is 0 Å². The van der Waals surface area contributed by atoms with E-state index >= 15 is 4.79 Å². The van der Waals surface area contributed by atoms with Gasteiger partial charge in [0.05, 0.1) is 35.9 Å². The minimum atomic E-state index is -4.53. The highest BCUT2D eigenvalue weighted by atomic mass is 35.5. The third-order valence-corrected chi connectivity index (χ3v) is 10.3. The number of methoxy groups -OCH3 is 1. The summed E-state index contributed by atoms with van der Waals surface area (Å²) in [6, 6.07) is 16.9. The molecule has 0 N–H and O–H groups in total. The number of nitriles is 1. The molecule has 0 spiro atoms. The Kier molecular flexibility index (Phi) is 10.2. The number of sulfonamides is 1. The molecule has 2 aliphatic rings. The maximum atomic E-state index is 15.3. The first-order valence-corrected chi connectivity index (χ1v) is 17.2. The minimum absolute atomic E-state index is 0.0874. The van der Waals surface area contributed by atoms with Crippen molar-refractivity contribution in [1.82, 2.24) is 14.7 Å². The highest BCUT2D eigenvalue weighted by molar-refractivity contribution is 7.93. The molecule has 1 unspecified atom stereocenters. The Labute approximate surface area is 286 Å². The summed E-state index contributed by atoms with van der Waals surface area (Å²) in [5.74, 6) is -0.0585. The highest BCUT2D eigenvalue weighted by Crippen LogP contribution is 2.55. The van der Waals surface area contributed by atoms with Crippen LogP contribution in [0.1, 0.15) is 36.0 Å². The van der Waals surface area contributed by atoms with E-state index < -0.39 is 33.8 Å². The largest absolute Gasteiger partial charge is 0.496 e. The molecule has 12 nitrogen and oxygen atoms in total. The lowest BCUT2D eigenvalue weighted by atomic mass is 9.81. The summed E-state index contributed by atoms with van der Waals surface area (Å²) in [6.45, 7) is 1.55. The van der Waals surface area contributed by atoms with E-state index in [4.69, 9.17) is 25.8 Å². The molecule has 3 aromatic rings. The van der Waals surface area contributed by atoms with Crippen molar-refractivity contribution in [2.75, 3.05) is 59.3 Å². The summed E-state index contributed by atoms with van der Waals surface area (Å²) >= 11 is 6.58. The molecule has 0 aliphatic carbocycles. The molecule has 254 valence electrons. The van der Waals surface area contributed by atoms with Crippen molar-refractivity contribution in [3.05, 3.63) is 82.4 Å². The van der Waals surface area contributed by atoms with Crippen molar-refractivity contribution in [3.63, 3.8) is 0 Å². The zero-order valence-corrected chi connectivity index (χ0v) is 29.0. The third-order valence-electron chi connectivity index (χ3n) is 8.39. The molecule has 14 heteroatoms. The summed E-state index contributed by atoms with van der Waals surface area (Å²) in [5.41, 5.74) is -0.904. The topological polar surface area (TPSA) is 133 Å². The van der Waals surface area contributed by atoms with Gasteiger partial charge >= 0.3 is 6.09 Å². The van der Waals surface area contributed by atoms with E-state index in [0.717, 1.165) is 17.3 Å². The summed E-state index contributed by atoms with van der Waals surface area (Å²) < 4.78 is 47.4. The number of benzene rings is 3. The summed E-state index contributed by atoms with van der Waals surface area (Å²) in [7, 11) is 3.99. The SMILES string of the molecule is COc1cc(OCCCN(C)C)ccc1C1(N2CCC[C@@H]2OC(=O)N(C)C)C(=O)N(S(=O)(=O)c2ccc(C#N)cc2)c2ccc(Cl)cc21. The van der Waals surface area contributed by atoms with Crippen molar-refractivity contribution < 1.29 is 32.2 Å². The van der Waals surface area contributed by atoms with Gasteiger partial charge < -0.3 is 24.0 Å². The molecule has 1 saturated heterocycles. The van der Waals surface area contributed by atoms with Gasteiger partial charge in [0.25, 0.3) is 15.9 Å². The van der Waals surface area contributed by atoms with Crippen LogP contribution in [-0.4, -0.2) is 96.3 Å². The normalized spacial score (nSPS) is 19.2. The van der Waals surface area contributed by atoms with Crippen LogP contribution in [0.4, 0.5) is 10.5 Å². The molecule has 3 aromatic carbocycles. The number of hydrogen-bond acceptors (Lipinski definition) is 10. The van der Waals surface area contributed by atoms with Crippen molar-refractivity contribution in [3.8, 4) is 17.6 Å². The monoisotopic (exact) mass is 695 g/mol. The summed E-state index contributed by atoms with van der Waals surface area (Å²) in [6.07, 6.45) is 0.200. The molecule has 2 atom stereocenters. The van der Waals surface area contributed by atoms with Gasteiger partial charge in [0.2, 0.25) is 0 Å². The van der Waals surface area contributed by atoms with Crippen LogP contribution in [0.3, 0.4) is 0 Å². The predicted molar refractivity (Wildman–Crippen MR) is 180 cm³/mol. The summed E-state index contributed by atoms with van der Waals surface area (Å²) in [5, 5.41) is 9.55. The number of fused-ring (bicyclic) bond motifs is 1. The number of ether oxygens (including phenoxy) is 3. The molecule has 5 rings (SSSR count). The first-order chi connectivity index (χ1) is 22.9. The van der Waals surface area contributed by atoms with E-state index in [9.17, 15) is 18.5 Å². The number of halogens is 1. The van der Waals surface area contributed by atoms with Gasteiger partial charge in [0.1, 0.15) is 11.5 Å². The van der Waals surface area contributed by atoms with Gasteiger partial charge in [-0.05, 0) is 88.0 Å². The standard InChI is InChI=1S/C34H38ClN5O7S/c1-37(2)17-7-19-46-25-12-15-27(30(21-25)45-5)34(39-18-6-8-31(39)47-33(42)38(3)4)28-20-24(35)11-16-29(28)40(32(34)41)48(43,44)26-13-9-23(22-36)10-14-26/h9-16,20-21,31H,6-8,17-19H2,1-5H3/t31-,34?/m0/s1. The zero-order valence-electron chi connectivity index (χ0n) is 27.5. The fourth-order valence-electron chi connectivity index (χ4n) is 6.18. The van der Waals surface area contributed by atoms with Gasteiger partial charge in [-0.3, -0.25) is 4.79 Å². The molecule has 0 radical (unpaired) electrons. The smallest absolute Gasteiger partial charge is 0.410 e. The minimum Gasteiger partial charge on any atom is -0.496 e. The van der Waals surface area contributed by atoms with Gasteiger partial charge in [0.15, 0.2) is 11.8 Å². The second kappa shape index (κ2) is 14.0. The maximum absolute atomic E-state index is 15.3. The molecule has 48 heavy (non-hydrogen) atoms. The first-order valence-electron chi connectivity index (χ1n) is 15.4. The Bertz CT molecular complexity index is 1850. The second-order valence-corrected chi connectivity index (χ2v) is 14.2. The Morgan fingerprint density at radius 2 is 1.79 bits per heavy atom. The Morgan fingerprint density at radius 3 is 2.44 bits per heavy atom. The van der Waals surface area contributed by atoms with E-state index in [1.165, 1.54) is 48.4 Å². The lowest BCUT2D eigenvalue weighted by Gasteiger charge is -2.41. The molecule has 2 heterocycles. The molecule has 2 aliphatic heterocycles. The second-order valence-electron chi connectivity index (χ2n) is 12.0. The molecule has 0 saturated carbocycles. The van der Waals surface area contributed by atoms with Gasteiger partial charge in [-0.1, -0.05) is 11.6 Å². The molecule has 0 aromatic heterocycles. The first kappa shape index (κ1) is 35.0. The van der Waals surface area contributed by atoms with Crippen LogP contribution in [0.2, 0.25) is 5.02 Å². The Balaban J connectivity index is 1.73. The van der Waals surface area contributed by atoms with Crippen LogP contribution in [0.15, 0.2) is 65.6 Å². The number of anilines is 1. The van der Waals surface area contributed by atoms with Crippen LogP contribution in [0.5, 0.6) is 11.5 Å². The number of carbonyl (C=O) groups excluding carboxylic acids is 2. The van der Waals surface area contributed by atoms with Crippen LogP contribution in [0, 0.1) is 11.3 Å². The molecule has 1 fully saturated rings. The average molecular weight is 696 g/mol. The molecular formula is C34H38ClN5O7S. The van der Waals surface area contributed by atoms with Crippen molar-refractivity contribution in [2.24, 2.45) is 0 Å². The van der Waals surface area contributed by atoms with Crippen molar-refractivity contribution in [2.45, 2.75) is 35.9 Å². The Hall–Kier alpha value is -4.35. The fraction of sp³-hybridized carbons (Fsp3) is 0.382. The number of nitrogens with zero attached hydrogens (tertiary/aromatic N) is 5. The van der Waals surface area contributed by atoms with E-state index in [2.05, 4.69) is 4.90 Å². The fourth-order valence-corrected chi connectivity index (χ4v) is 7.81. The van der Waals surface area contributed by atoms with Crippen LogP contribution in [-0.2, 0) is 25.1 Å². The van der Waals surface area contributed by atoms with Crippen LogP contribution in [0.25, 0.3) is 0 Å². The molecule has 0 bridgehead atoms. The predicted octanol–water partition coefficient (Wildman–Crippen LogP) is 4.65. The number of likely N-dealkylation sites (tertiary alicyclic amines) is 1. The van der Waals surface area contributed by atoms with E-state index in [1.807, 2.05) is 20.2 Å². The number of carbonyl (C=O) groups is 2. The quantitative estimate of drug-likeness (QED) is 0.261. The molecular weight excluding hydrogens is 658 g/mol. The number of hydrogen-bond donors (Lipinski definition) is 0. The third kappa shape index (κ3) is 6.28.